The van der Waals surface area contributed by atoms with Gasteiger partial charge in [-0.1, -0.05) is 22.0 Å². The molecule has 0 unspecified atom stereocenters. The molecule has 1 N–H and O–H groups in total. The summed E-state index contributed by atoms with van der Waals surface area (Å²) in [5.41, 5.74) is 0.325. The number of hydrogen-bond acceptors (Lipinski definition) is 3. The molecular formula is C14H10BrFN2O2S. The molecule has 0 bridgehead atoms. The molecule has 0 aliphatic carbocycles. The summed E-state index contributed by atoms with van der Waals surface area (Å²) in [6, 6.07) is 9.94. The SMILES string of the molecule is Cc1cc(S(=O)(=O)Nc2cccc(F)c2C#N)ccc1Br. The molecule has 0 saturated carbocycles. The minimum Gasteiger partial charge on any atom is -0.278 e. The Hall–Kier alpha value is -1.91. The number of anilines is 1. The van der Waals surface area contributed by atoms with Crippen LogP contribution < -0.4 is 4.72 Å². The fourth-order valence-corrected chi connectivity index (χ4v) is 3.11. The van der Waals surface area contributed by atoms with Crippen LogP contribution in [0.15, 0.2) is 45.8 Å². The number of nitrogens with zero attached hydrogens (tertiary/aromatic N) is 1. The Balaban J connectivity index is 2.45. The Kier molecular flexibility index (Phi) is 4.30. The van der Waals surface area contributed by atoms with Gasteiger partial charge in [-0.25, -0.2) is 12.8 Å². The molecule has 7 heteroatoms. The third-order valence-electron chi connectivity index (χ3n) is 2.81. The molecule has 0 saturated heterocycles. The number of hydrogen-bond donors (Lipinski definition) is 1. The molecule has 0 amide bonds. The summed E-state index contributed by atoms with van der Waals surface area (Å²) in [7, 11) is -3.89. The molecule has 0 aromatic heterocycles. The van der Waals surface area contributed by atoms with Crippen molar-refractivity contribution in [2.24, 2.45) is 0 Å². The van der Waals surface area contributed by atoms with Crippen molar-refractivity contribution in [3.63, 3.8) is 0 Å². The molecule has 2 rings (SSSR count). The van der Waals surface area contributed by atoms with Crippen molar-refractivity contribution in [2.45, 2.75) is 11.8 Å². The molecule has 0 atom stereocenters. The first kappa shape index (κ1) is 15.5. The van der Waals surface area contributed by atoms with Gasteiger partial charge in [0.05, 0.1) is 10.6 Å². The Labute approximate surface area is 130 Å². The van der Waals surface area contributed by atoms with E-state index < -0.39 is 15.8 Å². The van der Waals surface area contributed by atoms with E-state index in [-0.39, 0.29) is 16.1 Å². The summed E-state index contributed by atoms with van der Waals surface area (Å²) in [5, 5.41) is 8.92. The fourth-order valence-electron chi connectivity index (χ4n) is 1.71. The van der Waals surface area contributed by atoms with Crippen molar-refractivity contribution in [1.82, 2.24) is 0 Å². The first-order valence-electron chi connectivity index (χ1n) is 5.83. The van der Waals surface area contributed by atoms with Crippen LogP contribution in [0.1, 0.15) is 11.1 Å². The summed E-state index contributed by atoms with van der Waals surface area (Å²) < 4.78 is 41.1. The Morgan fingerprint density at radius 2 is 2.00 bits per heavy atom. The zero-order chi connectivity index (χ0) is 15.6. The van der Waals surface area contributed by atoms with Gasteiger partial charge in [0.25, 0.3) is 10.0 Å². The molecular weight excluding hydrogens is 359 g/mol. The zero-order valence-corrected chi connectivity index (χ0v) is 13.3. The van der Waals surface area contributed by atoms with Crippen LogP contribution in [0.3, 0.4) is 0 Å². The zero-order valence-electron chi connectivity index (χ0n) is 10.9. The van der Waals surface area contributed by atoms with E-state index in [9.17, 15) is 12.8 Å². The van der Waals surface area contributed by atoms with Gasteiger partial charge in [-0.3, -0.25) is 4.72 Å². The second-order valence-corrected chi connectivity index (χ2v) is 6.83. The van der Waals surface area contributed by atoms with Crippen LogP contribution in [0.4, 0.5) is 10.1 Å². The first-order valence-corrected chi connectivity index (χ1v) is 8.10. The molecule has 0 spiro atoms. The van der Waals surface area contributed by atoms with Crippen molar-refractivity contribution in [2.75, 3.05) is 4.72 Å². The highest BCUT2D eigenvalue weighted by atomic mass is 79.9. The smallest absolute Gasteiger partial charge is 0.261 e. The summed E-state index contributed by atoms with van der Waals surface area (Å²) in [6.07, 6.45) is 0. The molecule has 0 heterocycles. The van der Waals surface area contributed by atoms with Gasteiger partial charge in [-0.2, -0.15) is 5.26 Å². The van der Waals surface area contributed by atoms with Gasteiger partial charge in [0.15, 0.2) is 0 Å². The maximum absolute atomic E-state index is 13.5. The summed E-state index contributed by atoms with van der Waals surface area (Å²) in [6.45, 7) is 1.76. The minimum absolute atomic E-state index is 0.0383. The largest absolute Gasteiger partial charge is 0.278 e. The minimum atomic E-state index is -3.89. The van der Waals surface area contributed by atoms with E-state index >= 15 is 0 Å². The van der Waals surface area contributed by atoms with Crippen molar-refractivity contribution in [3.05, 3.63) is 57.8 Å². The second kappa shape index (κ2) is 5.84. The molecule has 2 aromatic carbocycles. The van der Waals surface area contributed by atoms with Crippen molar-refractivity contribution in [3.8, 4) is 6.07 Å². The summed E-state index contributed by atoms with van der Waals surface area (Å²) in [5.74, 6) is -0.773. The molecule has 108 valence electrons. The third-order valence-corrected chi connectivity index (χ3v) is 5.06. The van der Waals surface area contributed by atoms with Crippen LogP contribution in [0.25, 0.3) is 0 Å². The molecule has 0 radical (unpaired) electrons. The van der Waals surface area contributed by atoms with E-state index in [2.05, 4.69) is 20.7 Å². The molecule has 21 heavy (non-hydrogen) atoms. The van der Waals surface area contributed by atoms with Crippen LogP contribution in [-0.2, 0) is 10.0 Å². The lowest BCUT2D eigenvalue weighted by molar-refractivity contribution is 0.601. The number of halogens is 2. The topological polar surface area (TPSA) is 70.0 Å². The Morgan fingerprint density at radius 1 is 1.29 bits per heavy atom. The van der Waals surface area contributed by atoms with Gasteiger partial charge in [-0.15, -0.1) is 0 Å². The first-order chi connectivity index (χ1) is 9.85. The lowest BCUT2D eigenvalue weighted by Crippen LogP contribution is -2.14. The Bertz CT molecular complexity index is 845. The van der Waals surface area contributed by atoms with Crippen molar-refractivity contribution in [1.29, 1.82) is 5.26 Å². The second-order valence-electron chi connectivity index (χ2n) is 4.29. The van der Waals surface area contributed by atoms with Gasteiger partial charge in [-0.05, 0) is 42.8 Å². The van der Waals surface area contributed by atoms with Crippen LogP contribution in [-0.4, -0.2) is 8.42 Å². The number of aryl methyl sites for hydroxylation is 1. The number of nitriles is 1. The van der Waals surface area contributed by atoms with Gasteiger partial charge in [0.2, 0.25) is 0 Å². The van der Waals surface area contributed by atoms with Gasteiger partial charge < -0.3 is 0 Å². The van der Waals surface area contributed by atoms with Gasteiger partial charge >= 0.3 is 0 Å². The van der Waals surface area contributed by atoms with Crippen LogP contribution in [0, 0.1) is 24.1 Å². The maximum Gasteiger partial charge on any atom is 0.261 e. The molecule has 0 aliphatic rings. The number of sulfonamides is 1. The van der Waals surface area contributed by atoms with Gasteiger partial charge in [0, 0.05) is 4.47 Å². The van der Waals surface area contributed by atoms with E-state index in [0.29, 0.717) is 0 Å². The van der Waals surface area contributed by atoms with Crippen LogP contribution in [0.5, 0.6) is 0 Å². The average molecular weight is 369 g/mol. The highest BCUT2D eigenvalue weighted by Gasteiger charge is 2.18. The predicted octanol–water partition coefficient (Wildman–Crippen LogP) is 3.57. The normalized spacial score (nSPS) is 11.0. The van der Waals surface area contributed by atoms with E-state index in [4.69, 9.17) is 5.26 Å². The van der Waals surface area contributed by atoms with Crippen LogP contribution >= 0.6 is 15.9 Å². The highest BCUT2D eigenvalue weighted by molar-refractivity contribution is 9.10. The van der Waals surface area contributed by atoms with E-state index in [1.165, 1.54) is 24.3 Å². The third kappa shape index (κ3) is 3.23. The molecule has 0 aliphatic heterocycles. The lowest BCUT2D eigenvalue weighted by Gasteiger charge is -2.10. The molecule has 0 fully saturated rings. The number of rotatable bonds is 3. The monoisotopic (exact) mass is 368 g/mol. The van der Waals surface area contributed by atoms with Crippen LogP contribution in [0.2, 0.25) is 0 Å². The predicted molar refractivity (Wildman–Crippen MR) is 80.8 cm³/mol. The standard InChI is InChI=1S/C14H10BrFN2O2S/c1-9-7-10(5-6-12(9)15)21(19,20)18-14-4-2-3-13(16)11(14)8-17/h2-7,18H,1H3. The van der Waals surface area contributed by atoms with E-state index in [1.807, 2.05) is 0 Å². The Morgan fingerprint density at radius 3 is 2.62 bits per heavy atom. The van der Waals surface area contributed by atoms with E-state index in [0.717, 1.165) is 16.1 Å². The summed E-state index contributed by atoms with van der Waals surface area (Å²) in [4.78, 5) is 0.0383. The maximum atomic E-state index is 13.5. The van der Waals surface area contributed by atoms with E-state index in [1.54, 1.807) is 19.1 Å². The number of nitrogens with one attached hydrogen (secondary N) is 1. The van der Waals surface area contributed by atoms with Crippen molar-refractivity contribution >= 4 is 31.6 Å². The fraction of sp³-hybridized carbons (Fsp3) is 0.0714. The summed E-state index contributed by atoms with van der Waals surface area (Å²) >= 11 is 3.29. The van der Waals surface area contributed by atoms with Gasteiger partial charge in [0.1, 0.15) is 17.4 Å². The molecule has 4 nitrogen and oxygen atoms in total. The quantitative estimate of drug-likeness (QED) is 0.899. The lowest BCUT2D eigenvalue weighted by atomic mass is 10.2. The highest BCUT2D eigenvalue weighted by Crippen LogP contribution is 2.24. The average Bonchev–Trinajstić information content (AvgIpc) is 2.41. The van der Waals surface area contributed by atoms with Crippen molar-refractivity contribution < 1.29 is 12.8 Å². The number of benzene rings is 2. The molecule has 2 aromatic rings.